The van der Waals surface area contributed by atoms with Gasteiger partial charge in [-0.05, 0) is 41.8 Å². The summed E-state index contributed by atoms with van der Waals surface area (Å²) in [6.45, 7) is 0. The molecule has 0 atom stereocenters. The van der Waals surface area contributed by atoms with Crippen LogP contribution in [-0.4, -0.2) is 16.9 Å². The van der Waals surface area contributed by atoms with Crippen molar-refractivity contribution in [3.8, 4) is 5.75 Å². The number of rotatable bonds is 5. The summed E-state index contributed by atoms with van der Waals surface area (Å²) < 4.78 is 1.01. The molecule has 0 bridgehead atoms. The van der Waals surface area contributed by atoms with Gasteiger partial charge in [-0.2, -0.15) is 0 Å². The summed E-state index contributed by atoms with van der Waals surface area (Å²) in [5, 5.41) is 9.36. The molecule has 4 heteroatoms. The second-order valence-electron chi connectivity index (χ2n) is 4.90. The highest BCUT2D eigenvalue weighted by Gasteiger charge is 2.31. The van der Waals surface area contributed by atoms with Gasteiger partial charge < -0.3 is 5.11 Å². The lowest BCUT2D eigenvalue weighted by molar-refractivity contribution is 0.474. The van der Waals surface area contributed by atoms with E-state index in [4.69, 9.17) is 23.2 Å². The van der Waals surface area contributed by atoms with Crippen LogP contribution in [0.25, 0.3) is 0 Å². The Labute approximate surface area is 137 Å². The van der Waals surface area contributed by atoms with Gasteiger partial charge >= 0.3 is 0 Å². The summed E-state index contributed by atoms with van der Waals surface area (Å²) in [4.78, 5) is 0. The zero-order valence-electron chi connectivity index (χ0n) is 10.8. The molecule has 2 aromatic rings. The quantitative estimate of drug-likeness (QED) is 0.721. The summed E-state index contributed by atoms with van der Waals surface area (Å²) in [5.41, 5.74) is 1.90. The third-order valence-electron chi connectivity index (χ3n) is 3.43. The molecule has 0 fully saturated rings. The Hall–Kier alpha value is -0.700. The molecule has 0 spiro atoms. The van der Waals surface area contributed by atoms with Crippen molar-refractivity contribution < 1.29 is 5.11 Å². The molecule has 0 heterocycles. The van der Waals surface area contributed by atoms with E-state index >= 15 is 0 Å². The topological polar surface area (TPSA) is 20.2 Å². The van der Waals surface area contributed by atoms with Crippen molar-refractivity contribution in [2.24, 2.45) is 0 Å². The van der Waals surface area contributed by atoms with Crippen molar-refractivity contribution in [2.45, 2.75) is 11.8 Å². The van der Waals surface area contributed by atoms with Crippen LogP contribution in [0.1, 0.15) is 11.1 Å². The number of hydrogen-bond donors (Lipinski definition) is 1. The average Bonchev–Trinajstić information content (AvgIpc) is 2.47. The Morgan fingerprint density at radius 2 is 1.65 bits per heavy atom. The molecule has 0 unspecified atom stereocenters. The highest BCUT2D eigenvalue weighted by atomic mass is 79.9. The van der Waals surface area contributed by atoms with Gasteiger partial charge in [-0.3, -0.25) is 0 Å². The fourth-order valence-corrected chi connectivity index (χ4v) is 3.39. The zero-order chi connectivity index (χ0) is 14.6. The molecule has 0 aliphatic carbocycles. The van der Waals surface area contributed by atoms with E-state index in [0.29, 0.717) is 11.8 Å². The Bertz CT molecular complexity index is 565. The smallest absolute Gasteiger partial charge is 0.115 e. The van der Waals surface area contributed by atoms with E-state index in [-0.39, 0.29) is 11.2 Å². The molecule has 0 amide bonds. The van der Waals surface area contributed by atoms with E-state index in [0.717, 1.165) is 22.0 Å². The van der Waals surface area contributed by atoms with Gasteiger partial charge in [0.1, 0.15) is 5.75 Å². The van der Waals surface area contributed by atoms with Crippen LogP contribution < -0.4 is 0 Å². The van der Waals surface area contributed by atoms with Crippen LogP contribution in [0.2, 0.25) is 0 Å². The van der Waals surface area contributed by atoms with Gasteiger partial charge in [-0.25, -0.2) is 0 Å². The normalized spacial score (nSPS) is 11.6. The Morgan fingerprint density at radius 1 is 1.00 bits per heavy atom. The number of alkyl halides is 2. The maximum Gasteiger partial charge on any atom is 0.115 e. The van der Waals surface area contributed by atoms with Gasteiger partial charge in [-0.15, -0.1) is 23.2 Å². The van der Waals surface area contributed by atoms with Crippen LogP contribution in [0, 0.1) is 0 Å². The predicted octanol–water partition coefficient (Wildman–Crippen LogP) is 5.11. The van der Waals surface area contributed by atoms with Gasteiger partial charge in [0.2, 0.25) is 0 Å². The second kappa shape index (κ2) is 6.84. The molecule has 2 rings (SSSR count). The van der Waals surface area contributed by atoms with Crippen LogP contribution >= 0.6 is 39.1 Å². The van der Waals surface area contributed by atoms with Gasteiger partial charge in [0, 0.05) is 21.6 Å². The minimum absolute atomic E-state index is 0.263. The van der Waals surface area contributed by atoms with Crippen LogP contribution in [0.15, 0.2) is 53.0 Å². The average molecular weight is 374 g/mol. The number of phenolic OH excluding ortho intramolecular Hbond substituents is 1. The first kappa shape index (κ1) is 15.7. The Balaban J connectivity index is 2.36. The highest BCUT2D eigenvalue weighted by molar-refractivity contribution is 9.10. The zero-order valence-corrected chi connectivity index (χ0v) is 13.9. The molecule has 0 radical (unpaired) electrons. The molecule has 1 N–H and O–H groups in total. The SMILES string of the molecule is Oc1ccc(CC(CCl)(CCl)c2cccc(Br)c2)cc1. The van der Waals surface area contributed by atoms with Gasteiger partial charge in [0.25, 0.3) is 0 Å². The van der Waals surface area contributed by atoms with Crippen molar-refractivity contribution >= 4 is 39.1 Å². The van der Waals surface area contributed by atoms with Crippen molar-refractivity contribution in [1.82, 2.24) is 0 Å². The molecular weight excluding hydrogens is 359 g/mol. The highest BCUT2D eigenvalue weighted by Crippen LogP contribution is 2.33. The lowest BCUT2D eigenvalue weighted by Crippen LogP contribution is -2.33. The third-order valence-corrected chi connectivity index (χ3v) is 4.94. The first-order valence-electron chi connectivity index (χ1n) is 6.25. The van der Waals surface area contributed by atoms with Crippen LogP contribution in [0.4, 0.5) is 0 Å². The fourth-order valence-electron chi connectivity index (χ4n) is 2.21. The Kier molecular flexibility index (Phi) is 5.36. The molecule has 0 aliphatic rings. The van der Waals surface area contributed by atoms with E-state index in [1.165, 1.54) is 0 Å². The molecule has 2 aromatic carbocycles. The van der Waals surface area contributed by atoms with E-state index in [1.807, 2.05) is 24.3 Å². The maximum absolute atomic E-state index is 9.36. The molecule has 0 aromatic heterocycles. The predicted molar refractivity (Wildman–Crippen MR) is 89.1 cm³/mol. The summed E-state index contributed by atoms with van der Waals surface area (Å²) in [7, 11) is 0. The summed E-state index contributed by atoms with van der Waals surface area (Å²) in [6, 6.07) is 15.3. The molecule has 0 saturated carbocycles. The van der Waals surface area contributed by atoms with E-state index < -0.39 is 0 Å². The number of phenols is 1. The summed E-state index contributed by atoms with van der Waals surface area (Å²) in [5.74, 6) is 1.14. The summed E-state index contributed by atoms with van der Waals surface area (Å²) in [6.07, 6.45) is 0.733. The lowest BCUT2D eigenvalue weighted by Gasteiger charge is -2.30. The van der Waals surface area contributed by atoms with Gasteiger partial charge in [0.15, 0.2) is 0 Å². The van der Waals surface area contributed by atoms with Crippen LogP contribution in [0.5, 0.6) is 5.75 Å². The minimum Gasteiger partial charge on any atom is -0.508 e. The van der Waals surface area contributed by atoms with Crippen molar-refractivity contribution in [2.75, 3.05) is 11.8 Å². The standard InChI is InChI=1S/C16H15BrCl2O/c17-14-3-1-2-13(8-14)16(10-18,11-19)9-12-4-6-15(20)7-5-12/h1-8,20H,9-11H2. The largest absolute Gasteiger partial charge is 0.508 e. The van der Waals surface area contributed by atoms with Crippen LogP contribution in [0.3, 0.4) is 0 Å². The van der Waals surface area contributed by atoms with Crippen LogP contribution in [-0.2, 0) is 11.8 Å². The number of hydrogen-bond acceptors (Lipinski definition) is 1. The monoisotopic (exact) mass is 372 g/mol. The molecule has 106 valence electrons. The van der Waals surface area contributed by atoms with Gasteiger partial charge in [-0.1, -0.05) is 40.2 Å². The minimum atomic E-state index is -0.316. The number of aromatic hydroxyl groups is 1. The van der Waals surface area contributed by atoms with E-state index in [9.17, 15) is 5.11 Å². The molecule has 20 heavy (non-hydrogen) atoms. The molecule has 0 saturated heterocycles. The number of halogens is 3. The molecular formula is C16H15BrCl2O. The van der Waals surface area contributed by atoms with Crippen molar-refractivity contribution in [1.29, 1.82) is 0 Å². The van der Waals surface area contributed by atoms with E-state index in [2.05, 4.69) is 28.1 Å². The van der Waals surface area contributed by atoms with E-state index in [1.54, 1.807) is 12.1 Å². The lowest BCUT2D eigenvalue weighted by atomic mass is 9.79. The number of benzene rings is 2. The van der Waals surface area contributed by atoms with Gasteiger partial charge in [0.05, 0.1) is 0 Å². The second-order valence-corrected chi connectivity index (χ2v) is 6.35. The Morgan fingerprint density at radius 3 is 2.20 bits per heavy atom. The molecule has 0 aliphatic heterocycles. The fraction of sp³-hybridized carbons (Fsp3) is 0.250. The van der Waals surface area contributed by atoms with Crippen molar-refractivity contribution in [3.63, 3.8) is 0 Å². The first-order chi connectivity index (χ1) is 9.59. The molecule has 1 nitrogen and oxygen atoms in total. The van der Waals surface area contributed by atoms with Crippen molar-refractivity contribution in [3.05, 3.63) is 64.1 Å². The maximum atomic E-state index is 9.36. The third kappa shape index (κ3) is 3.49. The first-order valence-corrected chi connectivity index (χ1v) is 8.12. The summed E-state index contributed by atoms with van der Waals surface area (Å²) >= 11 is 16.0.